The highest BCUT2D eigenvalue weighted by molar-refractivity contribution is 9.10. The number of carbonyl (C=O) groups is 1. The second-order valence-corrected chi connectivity index (χ2v) is 9.56. The molecule has 0 spiro atoms. The average molecular weight is 508 g/mol. The monoisotopic (exact) mass is 507 g/mol. The van der Waals surface area contributed by atoms with Crippen LogP contribution in [0.4, 0.5) is 0 Å². The lowest BCUT2D eigenvalue weighted by molar-refractivity contribution is 0.0994. The van der Waals surface area contributed by atoms with Gasteiger partial charge >= 0.3 is 0 Å². The summed E-state index contributed by atoms with van der Waals surface area (Å²) in [6, 6.07) is 23.3. The summed E-state index contributed by atoms with van der Waals surface area (Å²) in [7, 11) is 1.61. The van der Waals surface area contributed by atoms with E-state index in [9.17, 15) is 4.79 Å². The van der Waals surface area contributed by atoms with E-state index < -0.39 is 0 Å². The van der Waals surface area contributed by atoms with Crippen molar-refractivity contribution in [3.05, 3.63) is 88.4 Å². The van der Waals surface area contributed by atoms with Crippen LogP contribution < -0.4 is 4.74 Å². The average Bonchev–Trinajstić information content (AvgIpc) is 3.22. The number of thioether (sulfide) groups is 1. The topological polar surface area (TPSA) is 57.0 Å². The van der Waals surface area contributed by atoms with Crippen LogP contribution in [0.3, 0.4) is 0 Å². The van der Waals surface area contributed by atoms with E-state index in [1.54, 1.807) is 31.4 Å². The van der Waals surface area contributed by atoms with E-state index >= 15 is 0 Å². The van der Waals surface area contributed by atoms with Crippen molar-refractivity contribution in [2.75, 3.05) is 7.11 Å². The molecule has 0 unspecified atom stereocenters. The number of carbonyl (C=O) groups excluding carboxylic acids is 1. The van der Waals surface area contributed by atoms with Gasteiger partial charge in [0.25, 0.3) is 0 Å². The Morgan fingerprint density at radius 2 is 1.75 bits per heavy atom. The molecule has 0 N–H and O–H groups in total. The molecule has 1 aromatic heterocycles. The van der Waals surface area contributed by atoms with Crippen LogP contribution in [0.5, 0.6) is 5.75 Å². The minimum Gasteiger partial charge on any atom is -0.497 e. The zero-order valence-corrected chi connectivity index (χ0v) is 20.4. The van der Waals surface area contributed by atoms with Crippen molar-refractivity contribution in [3.8, 4) is 22.8 Å². The van der Waals surface area contributed by atoms with Crippen LogP contribution in [0.15, 0.2) is 82.4 Å². The number of ether oxygens (including phenoxy) is 1. The number of halogens is 1. The minimum atomic E-state index is -0.339. The van der Waals surface area contributed by atoms with Gasteiger partial charge in [-0.25, -0.2) is 0 Å². The fourth-order valence-electron chi connectivity index (χ4n) is 3.33. The normalized spacial score (nSPS) is 11.9. The Bertz CT molecular complexity index is 1240. The number of rotatable bonds is 7. The molecule has 7 heteroatoms. The lowest BCUT2D eigenvalue weighted by Crippen LogP contribution is -2.14. The molecule has 0 amide bonds. The highest BCUT2D eigenvalue weighted by Gasteiger charge is 2.23. The molecule has 0 aliphatic carbocycles. The first kappa shape index (κ1) is 22.3. The Balaban J connectivity index is 1.70. The third kappa shape index (κ3) is 4.79. The molecule has 3 aromatic carbocycles. The molecule has 1 heterocycles. The van der Waals surface area contributed by atoms with E-state index in [-0.39, 0.29) is 11.0 Å². The van der Waals surface area contributed by atoms with Gasteiger partial charge in [-0.05, 0) is 67.9 Å². The zero-order chi connectivity index (χ0) is 22.7. The minimum absolute atomic E-state index is 0.0293. The summed E-state index contributed by atoms with van der Waals surface area (Å²) in [4.78, 5) is 13.0. The number of methoxy groups -OCH3 is 1. The molecule has 32 heavy (non-hydrogen) atoms. The summed E-state index contributed by atoms with van der Waals surface area (Å²) in [6.45, 7) is 3.95. The molecule has 4 rings (SSSR count). The molecule has 0 fully saturated rings. The first-order chi connectivity index (χ1) is 15.5. The van der Waals surface area contributed by atoms with Gasteiger partial charge in [-0.3, -0.25) is 9.36 Å². The standard InChI is InChI=1S/C25H22BrN3O2S/c1-16-5-4-6-21(15-16)29-24(19-7-11-20(26)12-8-19)27-28-25(29)32-17(2)23(30)18-9-13-22(31-3)14-10-18/h4-15,17H,1-3H3/t17-/m0/s1. The molecular formula is C25H22BrN3O2S. The number of aryl methyl sites for hydroxylation is 1. The smallest absolute Gasteiger partial charge is 0.196 e. The Morgan fingerprint density at radius 3 is 2.41 bits per heavy atom. The third-order valence-corrected chi connectivity index (χ3v) is 6.59. The van der Waals surface area contributed by atoms with Crippen molar-refractivity contribution in [1.29, 1.82) is 0 Å². The molecule has 0 saturated carbocycles. The van der Waals surface area contributed by atoms with Crippen molar-refractivity contribution in [2.24, 2.45) is 0 Å². The molecular weight excluding hydrogens is 486 g/mol. The first-order valence-corrected chi connectivity index (χ1v) is 11.8. The highest BCUT2D eigenvalue weighted by atomic mass is 79.9. The summed E-state index contributed by atoms with van der Waals surface area (Å²) in [6.07, 6.45) is 0. The molecule has 5 nitrogen and oxygen atoms in total. The number of Topliss-reactive ketones (excluding diaryl/α,β-unsaturated/α-hetero) is 1. The Morgan fingerprint density at radius 1 is 1.03 bits per heavy atom. The Labute approximate surface area is 200 Å². The SMILES string of the molecule is COc1ccc(C(=O)[C@H](C)Sc2nnc(-c3ccc(Br)cc3)n2-c2cccc(C)c2)cc1. The van der Waals surface area contributed by atoms with Crippen molar-refractivity contribution in [1.82, 2.24) is 14.8 Å². The predicted octanol–water partition coefficient (Wildman–Crippen LogP) is 6.38. The summed E-state index contributed by atoms with van der Waals surface area (Å²) in [5, 5.41) is 9.27. The Hall–Kier alpha value is -2.90. The number of hydrogen-bond acceptors (Lipinski definition) is 5. The molecule has 0 radical (unpaired) electrons. The van der Waals surface area contributed by atoms with Crippen LogP contribution in [0.2, 0.25) is 0 Å². The van der Waals surface area contributed by atoms with Crippen molar-refractivity contribution in [2.45, 2.75) is 24.3 Å². The molecule has 0 aliphatic rings. The fourth-order valence-corrected chi connectivity index (χ4v) is 4.54. The van der Waals surface area contributed by atoms with Gasteiger partial charge in [0.1, 0.15) is 5.75 Å². The second kappa shape index (κ2) is 9.71. The van der Waals surface area contributed by atoms with Crippen LogP contribution in [-0.2, 0) is 0 Å². The molecule has 162 valence electrons. The number of nitrogens with zero attached hydrogens (tertiary/aromatic N) is 3. The van der Waals surface area contributed by atoms with Crippen LogP contribution in [0.1, 0.15) is 22.8 Å². The number of ketones is 1. The zero-order valence-electron chi connectivity index (χ0n) is 17.9. The van der Waals surface area contributed by atoms with E-state index in [1.165, 1.54) is 11.8 Å². The highest BCUT2D eigenvalue weighted by Crippen LogP contribution is 2.32. The third-order valence-electron chi connectivity index (χ3n) is 5.02. The van der Waals surface area contributed by atoms with Crippen molar-refractivity contribution in [3.63, 3.8) is 0 Å². The molecule has 0 bridgehead atoms. The van der Waals surface area contributed by atoms with E-state index in [0.29, 0.717) is 10.7 Å². The maximum Gasteiger partial charge on any atom is 0.196 e. The predicted molar refractivity (Wildman–Crippen MR) is 132 cm³/mol. The van der Waals surface area contributed by atoms with Gasteiger partial charge in [-0.2, -0.15) is 0 Å². The van der Waals surface area contributed by atoms with Crippen molar-refractivity contribution >= 4 is 33.5 Å². The van der Waals surface area contributed by atoms with Gasteiger partial charge in [-0.1, -0.05) is 52.0 Å². The maximum atomic E-state index is 13.0. The number of benzene rings is 3. The Kier molecular flexibility index (Phi) is 6.77. The van der Waals surface area contributed by atoms with Gasteiger partial charge in [0.2, 0.25) is 0 Å². The summed E-state index contributed by atoms with van der Waals surface area (Å²) in [5.41, 5.74) is 3.68. The van der Waals surface area contributed by atoms with E-state index in [1.807, 2.05) is 47.9 Å². The van der Waals surface area contributed by atoms with Crippen LogP contribution in [0.25, 0.3) is 17.1 Å². The van der Waals surface area contributed by atoms with Crippen LogP contribution >= 0.6 is 27.7 Å². The lowest BCUT2D eigenvalue weighted by Gasteiger charge is -2.14. The van der Waals surface area contributed by atoms with Gasteiger partial charge in [0, 0.05) is 21.3 Å². The number of hydrogen-bond donors (Lipinski definition) is 0. The van der Waals surface area contributed by atoms with E-state index in [0.717, 1.165) is 32.9 Å². The molecule has 1 atom stereocenters. The quantitative estimate of drug-likeness (QED) is 0.214. The van der Waals surface area contributed by atoms with Gasteiger partial charge in [0.05, 0.1) is 12.4 Å². The van der Waals surface area contributed by atoms with E-state index in [4.69, 9.17) is 4.74 Å². The van der Waals surface area contributed by atoms with Gasteiger partial charge < -0.3 is 4.74 Å². The number of aromatic nitrogens is 3. The van der Waals surface area contributed by atoms with Gasteiger partial charge in [0.15, 0.2) is 16.8 Å². The molecule has 0 aliphatic heterocycles. The summed E-state index contributed by atoms with van der Waals surface area (Å²) < 4.78 is 8.20. The van der Waals surface area contributed by atoms with Gasteiger partial charge in [-0.15, -0.1) is 10.2 Å². The summed E-state index contributed by atoms with van der Waals surface area (Å²) >= 11 is 4.89. The molecule has 4 aromatic rings. The largest absolute Gasteiger partial charge is 0.497 e. The second-order valence-electron chi connectivity index (χ2n) is 7.34. The summed E-state index contributed by atoms with van der Waals surface area (Å²) in [5.74, 6) is 1.48. The molecule has 0 saturated heterocycles. The van der Waals surface area contributed by atoms with Crippen LogP contribution in [0, 0.1) is 6.92 Å². The lowest BCUT2D eigenvalue weighted by atomic mass is 10.1. The van der Waals surface area contributed by atoms with Crippen LogP contribution in [-0.4, -0.2) is 32.9 Å². The first-order valence-electron chi connectivity index (χ1n) is 10.1. The maximum absolute atomic E-state index is 13.0. The van der Waals surface area contributed by atoms with Crippen molar-refractivity contribution < 1.29 is 9.53 Å². The fraction of sp³-hybridized carbons (Fsp3) is 0.160. The van der Waals surface area contributed by atoms with E-state index in [2.05, 4.69) is 45.2 Å².